The largest absolute Gasteiger partial charge is 0.360 e. The molecule has 86 valence electrons. The molecule has 1 fully saturated rings. The Morgan fingerprint density at radius 2 is 1.82 bits per heavy atom. The molecule has 6 heteroatoms. The Labute approximate surface area is 97.2 Å². The van der Waals surface area contributed by atoms with Gasteiger partial charge in [-0.3, -0.25) is 15.5 Å². The minimum Gasteiger partial charge on any atom is -0.360 e. The molecule has 0 saturated carbocycles. The third-order valence-corrected chi connectivity index (χ3v) is 2.13. The van der Waals surface area contributed by atoms with Crippen molar-refractivity contribution in [2.45, 2.75) is 0 Å². The smallest absolute Gasteiger partial charge is 0.326 e. The summed E-state index contributed by atoms with van der Waals surface area (Å²) in [6.45, 7) is 0. The normalized spacial score (nSPS) is 17.6. The number of urea groups is 1. The van der Waals surface area contributed by atoms with Crippen LogP contribution in [0.3, 0.4) is 0 Å². The van der Waals surface area contributed by atoms with Gasteiger partial charge in [-0.2, -0.15) is 0 Å². The van der Waals surface area contributed by atoms with Gasteiger partial charge in [0.15, 0.2) is 0 Å². The lowest BCUT2D eigenvalue weighted by Crippen LogP contribution is -2.51. The van der Waals surface area contributed by atoms with Crippen LogP contribution in [0.1, 0.15) is 0 Å². The lowest BCUT2D eigenvalue weighted by Gasteiger charge is -2.16. The number of rotatable bonds is 2. The van der Waals surface area contributed by atoms with Gasteiger partial charge in [0.05, 0.1) is 5.70 Å². The zero-order chi connectivity index (χ0) is 12.3. The summed E-state index contributed by atoms with van der Waals surface area (Å²) < 4.78 is 0. The van der Waals surface area contributed by atoms with Crippen molar-refractivity contribution in [3.8, 4) is 0 Å². The number of hydrogen-bond acceptors (Lipinski definition) is 4. The SMILES string of the molecule is N=C1C(=O)NC(=O)N/C1=C/Nc1ccccc1. The maximum Gasteiger partial charge on any atom is 0.326 e. The standard InChI is InChI=1S/C11H10N4O2/c12-9-8(14-11(17)15-10(9)16)6-13-7-4-2-1-3-5-7/h1-6,12-13H,(H2,14,15,16,17)/b8-6+,12-9?. The Morgan fingerprint density at radius 1 is 1.12 bits per heavy atom. The van der Waals surface area contributed by atoms with E-state index in [2.05, 4.69) is 10.6 Å². The van der Waals surface area contributed by atoms with Crippen molar-refractivity contribution < 1.29 is 9.59 Å². The first-order chi connectivity index (χ1) is 8.16. The van der Waals surface area contributed by atoms with Gasteiger partial charge in [0.25, 0.3) is 5.91 Å². The highest BCUT2D eigenvalue weighted by Gasteiger charge is 2.24. The lowest BCUT2D eigenvalue weighted by molar-refractivity contribution is -0.114. The van der Waals surface area contributed by atoms with E-state index in [4.69, 9.17) is 5.41 Å². The van der Waals surface area contributed by atoms with Crippen molar-refractivity contribution in [2.75, 3.05) is 5.32 Å². The highest BCUT2D eigenvalue weighted by molar-refractivity contribution is 6.48. The predicted molar refractivity (Wildman–Crippen MR) is 62.5 cm³/mol. The molecule has 1 heterocycles. The van der Waals surface area contributed by atoms with Gasteiger partial charge in [-0.15, -0.1) is 0 Å². The van der Waals surface area contributed by atoms with Crippen molar-refractivity contribution in [1.82, 2.24) is 10.6 Å². The second kappa shape index (κ2) is 4.48. The summed E-state index contributed by atoms with van der Waals surface area (Å²) in [7, 11) is 0. The van der Waals surface area contributed by atoms with E-state index in [1.807, 2.05) is 35.6 Å². The molecule has 0 bridgehead atoms. The number of nitrogens with one attached hydrogen (secondary N) is 4. The van der Waals surface area contributed by atoms with Crippen molar-refractivity contribution in [2.24, 2.45) is 0 Å². The van der Waals surface area contributed by atoms with Crippen LogP contribution >= 0.6 is 0 Å². The number of amides is 3. The number of para-hydroxylation sites is 1. The van der Waals surface area contributed by atoms with E-state index in [1.54, 1.807) is 0 Å². The first kappa shape index (κ1) is 10.9. The molecule has 0 unspecified atom stereocenters. The molecular formula is C11H10N4O2. The molecular weight excluding hydrogens is 220 g/mol. The van der Waals surface area contributed by atoms with Gasteiger partial charge in [0, 0.05) is 11.9 Å². The van der Waals surface area contributed by atoms with Gasteiger partial charge < -0.3 is 10.6 Å². The first-order valence-corrected chi connectivity index (χ1v) is 4.90. The Kier molecular flexibility index (Phi) is 2.87. The van der Waals surface area contributed by atoms with Gasteiger partial charge in [-0.1, -0.05) is 18.2 Å². The molecule has 0 aromatic heterocycles. The fourth-order valence-electron chi connectivity index (χ4n) is 1.30. The fraction of sp³-hybridized carbons (Fsp3) is 0. The number of carbonyl (C=O) groups excluding carboxylic acids is 2. The quantitative estimate of drug-likeness (QED) is 0.605. The fourth-order valence-corrected chi connectivity index (χ4v) is 1.30. The number of imide groups is 1. The molecule has 2 rings (SSSR count). The zero-order valence-electron chi connectivity index (χ0n) is 8.78. The summed E-state index contributed by atoms with van der Waals surface area (Å²) in [5.74, 6) is -0.713. The summed E-state index contributed by atoms with van der Waals surface area (Å²) in [6, 6.07) is 8.58. The number of carbonyl (C=O) groups is 2. The third-order valence-electron chi connectivity index (χ3n) is 2.13. The highest BCUT2D eigenvalue weighted by Crippen LogP contribution is 2.06. The molecule has 0 atom stereocenters. The van der Waals surface area contributed by atoms with Gasteiger partial charge in [0.2, 0.25) is 0 Å². The van der Waals surface area contributed by atoms with E-state index in [1.165, 1.54) is 6.20 Å². The number of benzene rings is 1. The van der Waals surface area contributed by atoms with Crippen LogP contribution in [-0.2, 0) is 4.79 Å². The van der Waals surface area contributed by atoms with E-state index in [0.29, 0.717) is 0 Å². The summed E-state index contributed by atoms with van der Waals surface area (Å²) in [5.41, 5.74) is 0.656. The van der Waals surface area contributed by atoms with Crippen LogP contribution < -0.4 is 16.0 Å². The van der Waals surface area contributed by atoms with Crippen LogP contribution in [0.4, 0.5) is 10.5 Å². The Hall–Kier alpha value is -2.63. The van der Waals surface area contributed by atoms with E-state index < -0.39 is 11.9 Å². The van der Waals surface area contributed by atoms with Crippen LogP contribution in [0, 0.1) is 5.41 Å². The molecule has 1 aliphatic heterocycles. The predicted octanol–water partition coefficient (Wildman–Crippen LogP) is 0.799. The molecule has 1 saturated heterocycles. The third kappa shape index (κ3) is 2.49. The minimum absolute atomic E-state index is 0.141. The van der Waals surface area contributed by atoms with Crippen LogP contribution in [0.5, 0.6) is 0 Å². The van der Waals surface area contributed by atoms with E-state index >= 15 is 0 Å². The van der Waals surface area contributed by atoms with Crippen molar-refractivity contribution in [3.05, 3.63) is 42.2 Å². The molecule has 1 aromatic carbocycles. The Morgan fingerprint density at radius 3 is 2.53 bits per heavy atom. The topological polar surface area (TPSA) is 94.1 Å². The average molecular weight is 230 g/mol. The lowest BCUT2D eigenvalue weighted by atomic mass is 10.2. The summed E-state index contributed by atoms with van der Waals surface area (Å²) >= 11 is 0. The van der Waals surface area contributed by atoms with Crippen molar-refractivity contribution in [1.29, 1.82) is 5.41 Å². The molecule has 1 aliphatic rings. The molecule has 4 N–H and O–H groups in total. The maximum absolute atomic E-state index is 11.2. The minimum atomic E-state index is -0.713. The first-order valence-electron chi connectivity index (χ1n) is 4.90. The molecule has 17 heavy (non-hydrogen) atoms. The van der Waals surface area contributed by atoms with Crippen LogP contribution in [0.15, 0.2) is 42.2 Å². The zero-order valence-corrected chi connectivity index (χ0v) is 8.78. The van der Waals surface area contributed by atoms with Gasteiger partial charge in [-0.25, -0.2) is 4.79 Å². The van der Waals surface area contributed by atoms with E-state index in [-0.39, 0.29) is 11.4 Å². The van der Waals surface area contributed by atoms with Crippen molar-refractivity contribution >= 4 is 23.3 Å². The molecule has 0 radical (unpaired) electrons. The number of anilines is 1. The second-order valence-electron chi connectivity index (χ2n) is 3.35. The van der Waals surface area contributed by atoms with Crippen LogP contribution in [0.25, 0.3) is 0 Å². The second-order valence-corrected chi connectivity index (χ2v) is 3.35. The molecule has 1 aromatic rings. The Balaban J connectivity index is 2.13. The monoisotopic (exact) mass is 230 g/mol. The van der Waals surface area contributed by atoms with Gasteiger partial charge in [-0.05, 0) is 12.1 Å². The summed E-state index contributed by atoms with van der Waals surface area (Å²) in [4.78, 5) is 22.2. The molecule has 3 amide bonds. The maximum atomic E-state index is 11.2. The van der Waals surface area contributed by atoms with E-state index in [9.17, 15) is 9.59 Å². The summed E-state index contributed by atoms with van der Waals surface area (Å²) in [6.07, 6.45) is 1.41. The van der Waals surface area contributed by atoms with E-state index in [0.717, 1.165) is 5.69 Å². The Bertz CT molecular complexity index is 507. The van der Waals surface area contributed by atoms with Gasteiger partial charge >= 0.3 is 6.03 Å². The molecule has 6 nitrogen and oxygen atoms in total. The van der Waals surface area contributed by atoms with Gasteiger partial charge in [0.1, 0.15) is 5.71 Å². The average Bonchev–Trinajstić information content (AvgIpc) is 2.33. The number of hydrogen-bond donors (Lipinski definition) is 4. The van der Waals surface area contributed by atoms with Crippen LogP contribution in [-0.4, -0.2) is 17.6 Å². The highest BCUT2D eigenvalue weighted by atomic mass is 16.2. The summed E-state index contributed by atoms with van der Waals surface area (Å²) in [5, 5.41) is 14.7. The molecule has 0 spiro atoms. The molecule has 0 aliphatic carbocycles. The van der Waals surface area contributed by atoms with Crippen molar-refractivity contribution in [3.63, 3.8) is 0 Å². The van der Waals surface area contributed by atoms with Crippen LogP contribution in [0.2, 0.25) is 0 Å².